The van der Waals surface area contributed by atoms with Crippen LogP contribution in [0.15, 0.2) is 48.7 Å². The lowest BCUT2D eigenvalue weighted by molar-refractivity contribution is -0.384. The van der Waals surface area contributed by atoms with Gasteiger partial charge in [-0.05, 0) is 24.3 Å². The van der Waals surface area contributed by atoms with Crippen LogP contribution < -0.4 is 16.0 Å². The maximum Gasteiger partial charge on any atom is 0.293 e. The third-order valence-corrected chi connectivity index (χ3v) is 4.68. The average Bonchev–Trinajstić information content (AvgIpc) is 2.79. The van der Waals surface area contributed by atoms with E-state index in [4.69, 9.17) is 0 Å². The number of rotatable bonds is 4. The molecule has 12 nitrogen and oxygen atoms in total. The van der Waals surface area contributed by atoms with Crippen LogP contribution in [0.4, 0.5) is 28.4 Å². The van der Waals surface area contributed by atoms with Gasteiger partial charge in [0.05, 0.1) is 15.4 Å². The number of hydrogen-bond donors (Lipinski definition) is 3. The van der Waals surface area contributed by atoms with Crippen molar-refractivity contribution in [2.45, 2.75) is 13.8 Å². The highest BCUT2D eigenvalue weighted by Gasteiger charge is 2.21. The van der Waals surface area contributed by atoms with Crippen LogP contribution in [0.5, 0.6) is 0 Å². The molecule has 1 aliphatic rings. The van der Waals surface area contributed by atoms with Crippen LogP contribution in [0.3, 0.4) is 0 Å². The van der Waals surface area contributed by atoms with Gasteiger partial charge in [-0.25, -0.2) is 0 Å². The van der Waals surface area contributed by atoms with Crippen molar-refractivity contribution < 1.29 is 19.4 Å². The summed E-state index contributed by atoms with van der Waals surface area (Å²) in [5, 5.41) is 30.4. The first-order valence-corrected chi connectivity index (χ1v) is 9.98. The van der Waals surface area contributed by atoms with Crippen molar-refractivity contribution in [1.29, 1.82) is 0 Å². The number of carbonyl (C=O) groups is 2. The van der Waals surface area contributed by atoms with Gasteiger partial charge in [-0.3, -0.25) is 34.8 Å². The number of pyridine rings is 1. The highest BCUT2D eigenvalue weighted by atomic mass is 16.6. The Hall–Kier alpha value is -4.87. The maximum atomic E-state index is 11.1. The number of benzene rings is 2. The van der Waals surface area contributed by atoms with Crippen LogP contribution in [0, 0.1) is 20.2 Å². The van der Waals surface area contributed by atoms with Crippen molar-refractivity contribution in [3.8, 4) is 0 Å². The van der Waals surface area contributed by atoms with Gasteiger partial charge in [0.15, 0.2) is 0 Å². The third kappa shape index (κ3) is 5.30. The number of hydrogen-bond acceptors (Lipinski definition) is 8. The average molecular weight is 464 g/mol. The number of nitrogens with one attached hydrogen (secondary N) is 3. The van der Waals surface area contributed by atoms with Crippen molar-refractivity contribution in [2.75, 3.05) is 22.5 Å². The topological polar surface area (TPSA) is 169 Å². The monoisotopic (exact) mass is 464 g/mol. The number of nitrogens with zero attached hydrogens (tertiary/aromatic N) is 3. The van der Waals surface area contributed by atoms with Crippen LogP contribution in [-0.4, -0.2) is 33.2 Å². The fourth-order valence-electron chi connectivity index (χ4n) is 3.34. The lowest BCUT2D eigenvalue weighted by atomic mass is 10.1. The van der Waals surface area contributed by atoms with E-state index in [0.717, 1.165) is 5.69 Å². The van der Waals surface area contributed by atoms with E-state index in [-0.39, 0.29) is 34.6 Å². The van der Waals surface area contributed by atoms with E-state index in [0.29, 0.717) is 23.0 Å². The Morgan fingerprint density at radius 2 is 1.56 bits per heavy atom. The zero-order valence-electron chi connectivity index (χ0n) is 18.2. The second-order valence-electron chi connectivity index (χ2n) is 7.11. The van der Waals surface area contributed by atoms with E-state index in [1.54, 1.807) is 36.5 Å². The SMILES string of the molecule is CC(=O)Nc1c([N+](=O)[O-])ccc2c1C=CCN2.CC(=O)Nc1c([N+](=O)[O-])ccc2ncccc12. The van der Waals surface area contributed by atoms with Gasteiger partial charge in [0.25, 0.3) is 11.4 Å². The molecular weight excluding hydrogens is 444 g/mol. The minimum Gasteiger partial charge on any atom is -0.381 e. The Bertz CT molecular complexity index is 1340. The maximum absolute atomic E-state index is 11.1. The zero-order chi connectivity index (χ0) is 24.8. The molecule has 174 valence electrons. The first-order chi connectivity index (χ1) is 16.2. The largest absolute Gasteiger partial charge is 0.381 e. The Morgan fingerprint density at radius 3 is 2.21 bits per heavy atom. The van der Waals surface area contributed by atoms with E-state index in [1.165, 1.54) is 26.0 Å². The number of amides is 2. The van der Waals surface area contributed by atoms with Crippen LogP contribution in [-0.2, 0) is 9.59 Å². The van der Waals surface area contributed by atoms with Crippen LogP contribution in [0.2, 0.25) is 0 Å². The molecule has 0 atom stereocenters. The molecule has 2 aromatic carbocycles. The molecule has 0 saturated carbocycles. The normalized spacial score (nSPS) is 11.4. The van der Waals surface area contributed by atoms with Gasteiger partial charge >= 0.3 is 0 Å². The summed E-state index contributed by atoms with van der Waals surface area (Å²) in [6.07, 6.45) is 5.20. The summed E-state index contributed by atoms with van der Waals surface area (Å²) in [4.78, 5) is 47.0. The second kappa shape index (κ2) is 10.2. The van der Waals surface area contributed by atoms with Gasteiger partial charge in [-0.1, -0.05) is 12.2 Å². The number of nitro benzene ring substituents is 2. The van der Waals surface area contributed by atoms with Crippen LogP contribution in [0.1, 0.15) is 19.4 Å². The van der Waals surface area contributed by atoms with Gasteiger partial charge in [0.2, 0.25) is 11.8 Å². The van der Waals surface area contributed by atoms with E-state index in [1.807, 2.05) is 6.08 Å². The van der Waals surface area contributed by atoms with E-state index >= 15 is 0 Å². The van der Waals surface area contributed by atoms with Crippen molar-refractivity contribution in [2.24, 2.45) is 0 Å². The molecule has 4 rings (SSSR count). The molecule has 0 unspecified atom stereocenters. The molecule has 0 saturated heterocycles. The van der Waals surface area contributed by atoms with Gasteiger partial charge in [-0.2, -0.15) is 0 Å². The molecule has 12 heteroatoms. The molecule has 3 aromatic rings. The van der Waals surface area contributed by atoms with Gasteiger partial charge < -0.3 is 16.0 Å². The number of carbonyl (C=O) groups excluding carboxylic acids is 2. The smallest absolute Gasteiger partial charge is 0.293 e. The molecule has 0 bridgehead atoms. The predicted molar refractivity (Wildman–Crippen MR) is 128 cm³/mol. The summed E-state index contributed by atoms with van der Waals surface area (Å²) < 4.78 is 0. The number of aromatic nitrogens is 1. The highest BCUT2D eigenvalue weighted by molar-refractivity contribution is 6.04. The fourth-order valence-corrected chi connectivity index (χ4v) is 3.34. The first kappa shape index (κ1) is 23.8. The fraction of sp³-hybridized carbons (Fsp3) is 0.136. The van der Waals surface area contributed by atoms with Gasteiger partial charge in [-0.15, -0.1) is 0 Å². The summed E-state index contributed by atoms with van der Waals surface area (Å²) in [5.74, 6) is -0.690. The van der Waals surface area contributed by atoms with Gasteiger partial charge in [0.1, 0.15) is 11.4 Å². The molecular formula is C22H20N6O6. The number of nitro groups is 2. The molecule has 0 spiro atoms. The molecule has 0 aliphatic carbocycles. The van der Waals surface area contributed by atoms with E-state index in [9.17, 15) is 29.8 Å². The molecule has 3 N–H and O–H groups in total. The first-order valence-electron chi connectivity index (χ1n) is 9.98. The predicted octanol–water partition coefficient (Wildman–Crippen LogP) is 4.09. The third-order valence-electron chi connectivity index (χ3n) is 4.68. The lowest BCUT2D eigenvalue weighted by Gasteiger charge is -2.16. The van der Waals surface area contributed by atoms with Crippen molar-refractivity contribution in [1.82, 2.24) is 4.98 Å². The summed E-state index contributed by atoms with van der Waals surface area (Å²) in [6.45, 7) is 3.30. The van der Waals surface area contributed by atoms with E-state index in [2.05, 4.69) is 20.9 Å². The second-order valence-corrected chi connectivity index (χ2v) is 7.11. The minimum atomic E-state index is -0.530. The quantitative estimate of drug-likeness (QED) is 0.383. The molecule has 0 radical (unpaired) electrons. The Morgan fingerprint density at radius 1 is 0.941 bits per heavy atom. The van der Waals surface area contributed by atoms with Gasteiger partial charge in [0, 0.05) is 55.4 Å². The molecule has 1 aliphatic heterocycles. The minimum absolute atomic E-state index is 0.104. The summed E-state index contributed by atoms with van der Waals surface area (Å²) in [6, 6.07) is 9.26. The molecule has 2 heterocycles. The van der Waals surface area contributed by atoms with Crippen LogP contribution >= 0.6 is 0 Å². The van der Waals surface area contributed by atoms with Crippen molar-refractivity contribution >= 4 is 57.2 Å². The van der Waals surface area contributed by atoms with Crippen molar-refractivity contribution in [3.05, 3.63) is 74.5 Å². The summed E-state index contributed by atoms with van der Waals surface area (Å²) in [7, 11) is 0. The summed E-state index contributed by atoms with van der Waals surface area (Å²) in [5.41, 5.74) is 2.20. The molecule has 34 heavy (non-hydrogen) atoms. The Kier molecular flexibility index (Phi) is 7.11. The molecule has 1 aromatic heterocycles. The standard InChI is InChI=1S/C11H11N3O3.C11H9N3O3/c2*1-7(15)13-11-8-3-2-6-12-9(8)4-5-10(11)14(16)17/h2-5,12H,6H2,1H3,(H,13,15);2-6H,1H3,(H,13,15). The highest BCUT2D eigenvalue weighted by Crippen LogP contribution is 2.36. The summed E-state index contributed by atoms with van der Waals surface area (Å²) >= 11 is 0. The van der Waals surface area contributed by atoms with Crippen molar-refractivity contribution in [3.63, 3.8) is 0 Å². The molecule has 2 amide bonds. The Balaban J connectivity index is 0.000000191. The van der Waals surface area contributed by atoms with Crippen LogP contribution in [0.25, 0.3) is 17.0 Å². The lowest BCUT2D eigenvalue weighted by Crippen LogP contribution is -2.13. The molecule has 0 fully saturated rings. The number of anilines is 3. The number of fused-ring (bicyclic) bond motifs is 2. The Labute approximate surface area is 193 Å². The van der Waals surface area contributed by atoms with E-state index < -0.39 is 9.85 Å². The zero-order valence-corrected chi connectivity index (χ0v) is 18.2.